The molecule has 4 rings (SSSR count). The fraction of sp³-hybridized carbons (Fsp3) is 0.136. The number of nitrogens with zero attached hydrogens (tertiary/aromatic N) is 1. The summed E-state index contributed by atoms with van der Waals surface area (Å²) in [6.07, 6.45) is 0. The summed E-state index contributed by atoms with van der Waals surface area (Å²) in [4.78, 5) is 18.6. The molecule has 1 heterocycles. The van der Waals surface area contributed by atoms with Gasteiger partial charge in [0.1, 0.15) is 12.0 Å². The number of hydrogen-bond donors (Lipinski definition) is 0. The summed E-state index contributed by atoms with van der Waals surface area (Å²) in [5.74, 6) is -0.665. The Labute approximate surface area is 157 Å². The quantitative estimate of drug-likeness (QED) is 0.619. The first kappa shape index (κ1) is 16.7. The van der Waals surface area contributed by atoms with Crippen molar-refractivity contribution in [3.05, 3.63) is 101 Å². The minimum absolute atomic E-state index is 0.260. The zero-order valence-electron chi connectivity index (χ0n) is 14.3. The van der Waals surface area contributed by atoms with E-state index in [1.54, 1.807) is 5.06 Å². The van der Waals surface area contributed by atoms with Gasteiger partial charge in [0.25, 0.3) is 0 Å². The second-order valence-corrected chi connectivity index (χ2v) is 6.85. The van der Waals surface area contributed by atoms with Gasteiger partial charge in [-0.15, -0.1) is 0 Å². The highest BCUT2D eigenvalue weighted by Gasteiger charge is 2.46. The molecule has 0 radical (unpaired) electrons. The monoisotopic (exact) mass is 363 g/mol. The smallest absolute Gasteiger partial charge is 0.339 e. The molecule has 3 aromatic carbocycles. The normalized spacial score (nSPS) is 19.5. The van der Waals surface area contributed by atoms with Crippen molar-refractivity contribution in [2.75, 3.05) is 5.06 Å². The Kier molecular flexibility index (Phi) is 4.39. The predicted molar refractivity (Wildman–Crippen MR) is 103 cm³/mol. The lowest BCUT2D eigenvalue weighted by Gasteiger charge is -2.27. The number of anilines is 1. The van der Waals surface area contributed by atoms with Gasteiger partial charge in [-0.3, -0.25) is 0 Å². The number of halogens is 1. The summed E-state index contributed by atoms with van der Waals surface area (Å²) in [6, 6.07) is 25.1. The Hall–Kier alpha value is -2.78. The molecule has 0 aliphatic carbocycles. The summed E-state index contributed by atoms with van der Waals surface area (Å²) in [5, 5.41) is 2.31. The Morgan fingerprint density at radius 1 is 0.885 bits per heavy atom. The van der Waals surface area contributed by atoms with E-state index in [9.17, 15) is 4.79 Å². The average molecular weight is 364 g/mol. The van der Waals surface area contributed by atoms with E-state index in [2.05, 4.69) is 0 Å². The highest BCUT2D eigenvalue weighted by atomic mass is 35.5. The molecule has 1 aliphatic rings. The minimum Gasteiger partial charge on any atom is -0.339 e. The van der Waals surface area contributed by atoms with Gasteiger partial charge in [-0.05, 0) is 35.7 Å². The number of hydrogen-bond acceptors (Lipinski definition) is 3. The number of aryl methyl sites for hydroxylation is 1. The van der Waals surface area contributed by atoms with Crippen molar-refractivity contribution in [1.82, 2.24) is 0 Å². The molecular weight excluding hydrogens is 346 g/mol. The first-order valence-corrected chi connectivity index (χ1v) is 8.90. The SMILES string of the molecule is Cc1ccc(Cl)cc1N1OC(=O)C(c2ccccc2)C1c1ccccc1. The maximum absolute atomic E-state index is 12.8. The molecule has 0 aromatic heterocycles. The van der Waals surface area contributed by atoms with Gasteiger partial charge < -0.3 is 4.84 Å². The second-order valence-electron chi connectivity index (χ2n) is 6.41. The Bertz CT molecular complexity index is 927. The van der Waals surface area contributed by atoms with Crippen molar-refractivity contribution < 1.29 is 9.63 Å². The van der Waals surface area contributed by atoms with Gasteiger partial charge in [-0.25, -0.2) is 4.79 Å². The van der Waals surface area contributed by atoms with E-state index in [0.717, 1.165) is 22.4 Å². The van der Waals surface area contributed by atoms with Crippen LogP contribution in [0, 0.1) is 6.92 Å². The number of hydroxylamine groups is 1. The van der Waals surface area contributed by atoms with Crippen molar-refractivity contribution >= 4 is 23.3 Å². The van der Waals surface area contributed by atoms with E-state index in [4.69, 9.17) is 16.4 Å². The molecule has 0 N–H and O–H groups in total. The predicted octanol–water partition coefficient (Wildman–Crippen LogP) is 5.45. The van der Waals surface area contributed by atoms with Crippen molar-refractivity contribution in [2.24, 2.45) is 0 Å². The van der Waals surface area contributed by atoms with Crippen LogP contribution in [0.2, 0.25) is 5.02 Å². The average Bonchev–Trinajstić information content (AvgIpc) is 3.02. The molecule has 0 amide bonds. The van der Waals surface area contributed by atoms with Gasteiger partial charge in [-0.2, -0.15) is 5.06 Å². The standard InChI is InChI=1S/C22H18ClNO2/c1-15-12-13-18(23)14-19(15)24-21(17-10-6-3-7-11-17)20(22(25)26-24)16-8-4-2-5-9-16/h2-14,20-21H,1H3. The van der Waals surface area contributed by atoms with Gasteiger partial charge in [0.2, 0.25) is 0 Å². The van der Waals surface area contributed by atoms with Crippen LogP contribution in [0.25, 0.3) is 0 Å². The highest BCUT2D eigenvalue weighted by Crippen LogP contribution is 2.46. The third kappa shape index (κ3) is 2.95. The summed E-state index contributed by atoms with van der Waals surface area (Å²) in [5.41, 5.74) is 3.76. The summed E-state index contributed by atoms with van der Waals surface area (Å²) >= 11 is 6.21. The number of benzene rings is 3. The Morgan fingerprint density at radius 2 is 1.50 bits per heavy atom. The molecule has 3 aromatic rings. The van der Waals surface area contributed by atoms with Crippen LogP contribution in [0.1, 0.15) is 28.7 Å². The second kappa shape index (κ2) is 6.85. The molecule has 3 nitrogen and oxygen atoms in total. The number of carbonyl (C=O) groups excluding carboxylic acids is 1. The Balaban J connectivity index is 1.86. The lowest BCUT2D eigenvalue weighted by molar-refractivity contribution is -0.140. The fourth-order valence-electron chi connectivity index (χ4n) is 3.45. The molecule has 2 unspecified atom stereocenters. The van der Waals surface area contributed by atoms with Crippen LogP contribution in [0.3, 0.4) is 0 Å². The molecule has 0 spiro atoms. The van der Waals surface area contributed by atoms with Gasteiger partial charge in [0.15, 0.2) is 0 Å². The van der Waals surface area contributed by atoms with Gasteiger partial charge in [-0.1, -0.05) is 78.3 Å². The molecule has 4 heteroatoms. The third-order valence-electron chi connectivity index (χ3n) is 4.72. The van der Waals surface area contributed by atoms with E-state index in [0.29, 0.717) is 5.02 Å². The van der Waals surface area contributed by atoms with Crippen LogP contribution in [-0.2, 0) is 9.63 Å². The van der Waals surface area contributed by atoms with Crippen LogP contribution in [-0.4, -0.2) is 5.97 Å². The lowest BCUT2D eigenvalue weighted by Crippen LogP contribution is -2.24. The van der Waals surface area contributed by atoms with Crippen molar-refractivity contribution in [3.63, 3.8) is 0 Å². The zero-order chi connectivity index (χ0) is 18.1. The molecule has 0 saturated carbocycles. The van der Waals surface area contributed by atoms with Crippen LogP contribution in [0.4, 0.5) is 5.69 Å². The maximum Gasteiger partial charge on any atom is 0.342 e. The molecular formula is C22H18ClNO2. The summed E-state index contributed by atoms with van der Waals surface area (Å²) in [7, 11) is 0. The molecule has 2 atom stereocenters. The fourth-order valence-corrected chi connectivity index (χ4v) is 3.62. The zero-order valence-corrected chi connectivity index (χ0v) is 15.1. The first-order chi connectivity index (χ1) is 12.6. The highest BCUT2D eigenvalue weighted by molar-refractivity contribution is 6.30. The summed E-state index contributed by atoms with van der Waals surface area (Å²) < 4.78 is 0. The van der Waals surface area contributed by atoms with E-state index in [1.165, 1.54) is 0 Å². The van der Waals surface area contributed by atoms with Crippen molar-refractivity contribution in [3.8, 4) is 0 Å². The molecule has 1 fully saturated rings. The molecule has 0 bridgehead atoms. The van der Waals surface area contributed by atoms with E-state index >= 15 is 0 Å². The van der Waals surface area contributed by atoms with E-state index in [1.807, 2.05) is 85.8 Å². The van der Waals surface area contributed by atoms with Crippen molar-refractivity contribution in [1.29, 1.82) is 0 Å². The van der Waals surface area contributed by atoms with Gasteiger partial charge in [0, 0.05) is 5.02 Å². The van der Waals surface area contributed by atoms with Crippen LogP contribution in [0.5, 0.6) is 0 Å². The molecule has 26 heavy (non-hydrogen) atoms. The number of carbonyl (C=O) groups is 1. The summed E-state index contributed by atoms with van der Waals surface area (Å²) in [6.45, 7) is 1.98. The Morgan fingerprint density at radius 3 is 2.15 bits per heavy atom. The van der Waals surface area contributed by atoms with Crippen molar-refractivity contribution in [2.45, 2.75) is 18.9 Å². The topological polar surface area (TPSA) is 29.5 Å². The van der Waals surface area contributed by atoms with Gasteiger partial charge in [0.05, 0.1) is 5.69 Å². The number of rotatable bonds is 3. The van der Waals surface area contributed by atoms with Crippen LogP contribution < -0.4 is 5.06 Å². The van der Waals surface area contributed by atoms with E-state index in [-0.39, 0.29) is 12.0 Å². The minimum atomic E-state index is -0.406. The third-order valence-corrected chi connectivity index (χ3v) is 4.95. The first-order valence-electron chi connectivity index (χ1n) is 8.52. The largest absolute Gasteiger partial charge is 0.342 e. The molecule has 1 saturated heterocycles. The maximum atomic E-state index is 12.8. The van der Waals surface area contributed by atoms with Gasteiger partial charge >= 0.3 is 5.97 Å². The molecule has 130 valence electrons. The van der Waals surface area contributed by atoms with E-state index < -0.39 is 5.92 Å². The van der Waals surface area contributed by atoms with Crippen LogP contribution >= 0.6 is 11.6 Å². The molecule has 1 aliphatic heterocycles. The van der Waals surface area contributed by atoms with Crippen LogP contribution in [0.15, 0.2) is 78.9 Å². The lowest BCUT2D eigenvalue weighted by atomic mass is 9.87.